The highest BCUT2D eigenvalue weighted by molar-refractivity contribution is 5.36. The second-order valence-electron chi connectivity index (χ2n) is 4.92. The summed E-state index contributed by atoms with van der Waals surface area (Å²) in [6.45, 7) is 3.00. The molecule has 1 aliphatic rings. The number of aryl methyl sites for hydroxylation is 2. The standard InChI is InChI=1S/C15H24N2O3/c1-18-8-9-19-6-3-7-20-15-13(11-16)10-12-4-2-5-14(12)17-15/h10H,2-9,11,16H2,1H3. The Morgan fingerprint density at radius 3 is 2.90 bits per heavy atom. The first-order chi connectivity index (χ1) is 9.85. The molecule has 0 atom stereocenters. The largest absolute Gasteiger partial charge is 0.477 e. The summed E-state index contributed by atoms with van der Waals surface area (Å²) in [4.78, 5) is 4.61. The van der Waals surface area contributed by atoms with Crippen molar-refractivity contribution in [2.45, 2.75) is 32.2 Å². The van der Waals surface area contributed by atoms with E-state index < -0.39 is 0 Å². The minimum atomic E-state index is 0.472. The number of nitrogens with zero attached hydrogens (tertiary/aromatic N) is 1. The first-order valence-electron chi connectivity index (χ1n) is 7.26. The Balaban J connectivity index is 1.77. The second-order valence-corrected chi connectivity index (χ2v) is 4.92. The monoisotopic (exact) mass is 280 g/mol. The molecule has 0 aliphatic heterocycles. The van der Waals surface area contributed by atoms with Crippen LogP contribution in [0.3, 0.4) is 0 Å². The van der Waals surface area contributed by atoms with Crippen molar-refractivity contribution in [2.24, 2.45) is 5.73 Å². The van der Waals surface area contributed by atoms with Gasteiger partial charge in [0.05, 0.1) is 19.8 Å². The lowest BCUT2D eigenvalue weighted by molar-refractivity contribution is 0.0641. The van der Waals surface area contributed by atoms with Gasteiger partial charge in [0.25, 0.3) is 0 Å². The van der Waals surface area contributed by atoms with E-state index in [-0.39, 0.29) is 0 Å². The Hall–Kier alpha value is -1.17. The lowest BCUT2D eigenvalue weighted by atomic mass is 10.1. The molecule has 5 nitrogen and oxygen atoms in total. The quantitative estimate of drug-likeness (QED) is 0.694. The van der Waals surface area contributed by atoms with E-state index in [1.54, 1.807) is 7.11 Å². The van der Waals surface area contributed by atoms with Crippen LogP contribution in [0.1, 0.15) is 29.7 Å². The van der Waals surface area contributed by atoms with Crippen LogP contribution in [0.2, 0.25) is 0 Å². The molecule has 0 saturated heterocycles. The van der Waals surface area contributed by atoms with Crippen molar-refractivity contribution in [1.82, 2.24) is 4.98 Å². The van der Waals surface area contributed by atoms with Crippen molar-refractivity contribution in [3.05, 3.63) is 22.9 Å². The van der Waals surface area contributed by atoms with Gasteiger partial charge in [-0.05, 0) is 30.9 Å². The summed E-state index contributed by atoms with van der Waals surface area (Å²) >= 11 is 0. The summed E-state index contributed by atoms with van der Waals surface area (Å²) < 4.78 is 16.1. The number of ether oxygens (including phenoxy) is 3. The molecule has 0 unspecified atom stereocenters. The normalized spacial score (nSPS) is 13.5. The topological polar surface area (TPSA) is 66.6 Å². The Labute approximate surface area is 120 Å². The van der Waals surface area contributed by atoms with Gasteiger partial charge in [0.15, 0.2) is 0 Å². The summed E-state index contributed by atoms with van der Waals surface area (Å²) in [5, 5.41) is 0. The van der Waals surface area contributed by atoms with Gasteiger partial charge < -0.3 is 19.9 Å². The van der Waals surface area contributed by atoms with E-state index in [9.17, 15) is 0 Å². The third kappa shape index (κ3) is 4.16. The first-order valence-corrected chi connectivity index (χ1v) is 7.26. The fourth-order valence-corrected chi connectivity index (χ4v) is 2.35. The Morgan fingerprint density at radius 2 is 2.10 bits per heavy atom. The van der Waals surface area contributed by atoms with Gasteiger partial charge in [0, 0.05) is 37.9 Å². The van der Waals surface area contributed by atoms with Gasteiger partial charge in [0.1, 0.15) is 0 Å². The summed E-state index contributed by atoms with van der Waals surface area (Å²) in [7, 11) is 1.67. The van der Waals surface area contributed by atoms with Crippen LogP contribution >= 0.6 is 0 Å². The number of nitrogens with two attached hydrogens (primary N) is 1. The molecule has 20 heavy (non-hydrogen) atoms. The molecule has 0 aromatic carbocycles. The number of hydrogen-bond donors (Lipinski definition) is 1. The summed E-state index contributed by atoms with van der Waals surface area (Å²) in [6.07, 6.45) is 4.19. The Morgan fingerprint density at radius 1 is 1.20 bits per heavy atom. The maximum absolute atomic E-state index is 5.77. The van der Waals surface area contributed by atoms with Crippen LogP contribution in [0.25, 0.3) is 0 Å². The number of fused-ring (bicyclic) bond motifs is 1. The molecular formula is C15H24N2O3. The predicted molar refractivity (Wildman–Crippen MR) is 77.0 cm³/mol. The van der Waals surface area contributed by atoms with Crippen molar-refractivity contribution in [3.8, 4) is 5.88 Å². The summed E-state index contributed by atoms with van der Waals surface area (Å²) in [5.74, 6) is 0.699. The van der Waals surface area contributed by atoms with Crippen LogP contribution in [0.5, 0.6) is 5.88 Å². The first kappa shape index (κ1) is 15.2. The molecule has 0 radical (unpaired) electrons. The van der Waals surface area contributed by atoms with Gasteiger partial charge in [-0.3, -0.25) is 0 Å². The molecular weight excluding hydrogens is 256 g/mol. The van der Waals surface area contributed by atoms with Crippen molar-refractivity contribution in [1.29, 1.82) is 0 Å². The van der Waals surface area contributed by atoms with Gasteiger partial charge in [-0.15, -0.1) is 0 Å². The molecule has 1 heterocycles. The number of pyridine rings is 1. The predicted octanol–water partition coefficient (Wildman–Crippen LogP) is 1.46. The molecule has 5 heteroatoms. The van der Waals surface area contributed by atoms with E-state index in [1.807, 2.05) is 0 Å². The zero-order chi connectivity index (χ0) is 14.2. The zero-order valence-electron chi connectivity index (χ0n) is 12.2. The SMILES string of the molecule is COCCOCCCOc1nc2c(cc1CN)CCC2. The molecule has 2 N–H and O–H groups in total. The summed E-state index contributed by atoms with van der Waals surface area (Å²) in [5.41, 5.74) is 9.29. The van der Waals surface area contributed by atoms with E-state index in [2.05, 4.69) is 11.1 Å². The van der Waals surface area contributed by atoms with Crippen LogP contribution in [0, 0.1) is 0 Å². The van der Waals surface area contributed by atoms with E-state index in [0.29, 0.717) is 38.9 Å². The molecule has 0 spiro atoms. The summed E-state index contributed by atoms with van der Waals surface area (Å²) in [6, 6.07) is 2.15. The van der Waals surface area contributed by atoms with E-state index in [4.69, 9.17) is 19.9 Å². The van der Waals surface area contributed by atoms with Crippen LogP contribution in [0.4, 0.5) is 0 Å². The maximum atomic E-state index is 5.77. The van der Waals surface area contributed by atoms with E-state index in [0.717, 1.165) is 24.8 Å². The number of hydrogen-bond acceptors (Lipinski definition) is 5. The van der Waals surface area contributed by atoms with Gasteiger partial charge >= 0.3 is 0 Å². The van der Waals surface area contributed by atoms with Gasteiger partial charge in [-0.2, -0.15) is 0 Å². The molecule has 1 aromatic heterocycles. The van der Waals surface area contributed by atoms with Crippen LogP contribution in [-0.4, -0.2) is 38.5 Å². The van der Waals surface area contributed by atoms with Crippen molar-refractivity contribution in [2.75, 3.05) is 33.5 Å². The van der Waals surface area contributed by atoms with Crippen LogP contribution in [0.15, 0.2) is 6.07 Å². The average molecular weight is 280 g/mol. The third-order valence-electron chi connectivity index (χ3n) is 3.41. The van der Waals surface area contributed by atoms with Gasteiger partial charge in [0.2, 0.25) is 5.88 Å². The van der Waals surface area contributed by atoms with Crippen molar-refractivity contribution >= 4 is 0 Å². The molecule has 0 saturated carbocycles. The molecule has 0 bridgehead atoms. The molecule has 0 fully saturated rings. The molecule has 2 rings (SSSR count). The van der Waals surface area contributed by atoms with E-state index in [1.165, 1.54) is 17.7 Å². The third-order valence-corrected chi connectivity index (χ3v) is 3.41. The minimum absolute atomic E-state index is 0.472. The molecule has 1 aromatic rings. The smallest absolute Gasteiger partial charge is 0.218 e. The number of rotatable bonds is 9. The maximum Gasteiger partial charge on any atom is 0.218 e. The van der Waals surface area contributed by atoms with Gasteiger partial charge in [-0.1, -0.05) is 0 Å². The highest BCUT2D eigenvalue weighted by atomic mass is 16.5. The lowest BCUT2D eigenvalue weighted by Gasteiger charge is -2.11. The highest BCUT2D eigenvalue weighted by Gasteiger charge is 2.16. The van der Waals surface area contributed by atoms with Gasteiger partial charge in [-0.25, -0.2) is 4.98 Å². The second kappa shape index (κ2) is 8.19. The Kier molecular flexibility index (Phi) is 6.24. The lowest BCUT2D eigenvalue weighted by Crippen LogP contribution is -2.10. The highest BCUT2D eigenvalue weighted by Crippen LogP contribution is 2.26. The fraction of sp³-hybridized carbons (Fsp3) is 0.667. The van der Waals surface area contributed by atoms with Crippen molar-refractivity contribution in [3.63, 3.8) is 0 Å². The number of aromatic nitrogens is 1. The Bertz CT molecular complexity index is 424. The zero-order valence-corrected chi connectivity index (χ0v) is 12.2. The minimum Gasteiger partial charge on any atom is -0.477 e. The molecule has 0 amide bonds. The average Bonchev–Trinajstić information content (AvgIpc) is 2.92. The van der Waals surface area contributed by atoms with Crippen molar-refractivity contribution < 1.29 is 14.2 Å². The number of methoxy groups -OCH3 is 1. The van der Waals surface area contributed by atoms with Crippen LogP contribution < -0.4 is 10.5 Å². The van der Waals surface area contributed by atoms with E-state index >= 15 is 0 Å². The van der Waals surface area contributed by atoms with Crippen LogP contribution in [-0.2, 0) is 28.9 Å². The molecule has 1 aliphatic carbocycles. The molecule has 112 valence electrons. The fourth-order valence-electron chi connectivity index (χ4n) is 2.35.